The largest absolute Gasteiger partial charge is 0.469 e. The maximum Gasteiger partial charge on any atom is 0.287 e. The molecular weight excluding hydrogens is 218 g/mol. The number of aryl methyl sites for hydroxylation is 1. The molecule has 0 fully saturated rings. The number of rotatable bonds is 5. The minimum atomic E-state index is -0.179. The standard InChI is InChI=1S/C13H15NO3/c1-10(6-7-11-4-2-8-16-11)14-13(15)12-5-3-9-17-12/h2-5,8-10H,6-7H2,1H3,(H,14,15). The smallest absolute Gasteiger partial charge is 0.287 e. The molecule has 1 N–H and O–H groups in total. The van der Waals surface area contributed by atoms with Crippen LogP contribution in [0.5, 0.6) is 0 Å². The summed E-state index contributed by atoms with van der Waals surface area (Å²) in [6.45, 7) is 1.96. The van der Waals surface area contributed by atoms with Crippen LogP contribution in [0.3, 0.4) is 0 Å². The Balaban J connectivity index is 1.77. The first-order valence-electron chi connectivity index (χ1n) is 5.62. The zero-order valence-electron chi connectivity index (χ0n) is 9.68. The minimum absolute atomic E-state index is 0.0812. The van der Waals surface area contributed by atoms with Gasteiger partial charge in [-0.25, -0.2) is 0 Å². The molecule has 4 heteroatoms. The Bertz CT molecular complexity index is 445. The lowest BCUT2D eigenvalue weighted by molar-refractivity contribution is 0.0910. The number of hydrogen-bond donors (Lipinski definition) is 1. The first kappa shape index (κ1) is 11.5. The highest BCUT2D eigenvalue weighted by atomic mass is 16.3. The topological polar surface area (TPSA) is 55.4 Å². The highest BCUT2D eigenvalue weighted by Gasteiger charge is 2.12. The van der Waals surface area contributed by atoms with Crippen LogP contribution in [0.2, 0.25) is 0 Å². The van der Waals surface area contributed by atoms with Gasteiger partial charge in [0.1, 0.15) is 5.76 Å². The van der Waals surface area contributed by atoms with Crippen molar-refractivity contribution in [2.45, 2.75) is 25.8 Å². The fraction of sp³-hybridized carbons (Fsp3) is 0.308. The van der Waals surface area contributed by atoms with Crippen molar-refractivity contribution in [3.8, 4) is 0 Å². The predicted octanol–water partition coefficient (Wildman–Crippen LogP) is 2.62. The van der Waals surface area contributed by atoms with E-state index in [0.717, 1.165) is 18.6 Å². The van der Waals surface area contributed by atoms with Gasteiger partial charge >= 0.3 is 0 Å². The van der Waals surface area contributed by atoms with Gasteiger partial charge in [0, 0.05) is 12.5 Å². The summed E-state index contributed by atoms with van der Waals surface area (Å²) < 4.78 is 10.2. The molecule has 0 aromatic carbocycles. The van der Waals surface area contributed by atoms with Gasteiger partial charge in [-0.2, -0.15) is 0 Å². The highest BCUT2D eigenvalue weighted by molar-refractivity contribution is 5.91. The maximum atomic E-state index is 11.6. The van der Waals surface area contributed by atoms with Crippen LogP contribution in [0.15, 0.2) is 45.6 Å². The zero-order valence-corrected chi connectivity index (χ0v) is 9.68. The van der Waals surface area contributed by atoms with Crippen LogP contribution < -0.4 is 5.32 Å². The molecule has 0 saturated carbocycles. The lowest BCUT2D eigenvalue weighted by atomic mass is 10.1. The average molecular weight is 233 g/mol. The van der Waals surface area contributed by atoms with E-state index in [1.807, 2.05) is 19.1 Å². The summed E-state index contributed by atoms with van der Waals surface area (Å²) in [6.07, 6.45) is 4.79. The molecule has 1 unspecified atom stereocenters. The monoisotopic (exact) mass is 233 g/mol. The molecule has 0 bridgehead atoms. The fourth-order valence-electron chi connectivity index (χ4n) is 1.59. The van der Waals surface area contributed by atoms with Crippen LogP contribution in [0.4, 0.5) is 0 Å². The molecule has 0 spiro atoms. The second kappa shape index (κ2) is 5.39. The summed E-state index contributed by atoms with van der Waals surface area (Å²) in [5.74, 6) is 1.10. The van der Waals surface area contributed by atoms with Gasteiger partial charge in [0.2, 0.25) is 0 Å². The summed E-state index contributed by atoms with van der Waals surface area (Å²) in [5, 5.41) is 2.87. The van der Waals surface area contributed by atoms with E-state index in [1.54, 1.807) is 18.4 Å². The van der Waals surface area contributed by atoms with Crippen LogP contribution in [0, 0.1) is 0 Å². The van der Waals surface area contributed by atoms with Crippen LogP contribution in [0.25, 0.3) is 0 Å². The number of carbonyl (C=O) groups is 1. The van der Waals surface area contributed by atoms with Crippen molar-refractivity contribution in [2.75, 3.05) is 0 Å². The Hall–Kier alpha value is -1.97. The van der Waals surface area contributed by atoms with Crippen molar-refractivity contribution < 1.29 is 13.6 Å². The van der Waals surface area contributed by atoms with Crippen molar-refractivity contribution in [3.63, 3.8) is 0 Å². The minimum Gasteiger partial charge on any atom is -0.469 e. The van der Waals surface area contributed by atoms with Gasteiger partial charge in [-0.15, -0.1) is 0 Å². The Kier molecular flexibility index (Phi) is 3.65. The van der Waals surface area contributed by atoms with Gasteiger partial charge in [-0.05, 0) is 37.6 Å². The van der Waals surface area contributed by atoms with E-state index in [4.69, 9.17) is 8.83 Å². The number of nitrogens with one attached hydrogen (secondary N) is 1. The Morgan fingerprint density at radius 1 is 1.29 bits per heavy atom. The predicted molar refractivity (Wildman–Crippen MR) is 62.7 cm³/mol. The fourth-order valence-corrected chi connectivity index (χ4v) is 1.59. The van der Waals surface area contributed by atoms with Gasteiger partial charge < -0.3 is 14.2 Å². The third-order valence-corrected chi connectivity index (χ3v) is 2.53. The zero-order chi connectivity index (χ0) is 12.1. The lowest BCUT2D eigenvalue weighted by Crippen LogP contribution is -2.32. The molecule has 90 valence electrons. The third kappa shape index (κ3) is 3.24. The second-order valence-corrected chi connectivity index (χ2v) is 3.97. The molecule has 2 aromatic heterocycles. The maximum absolute atomic E-state index is 11.6. The van der Waals surface area contributed by atoms with E-state index in [2.05, 4.69) is 5.32 Å². The molecule has 2 rings (SSSR count). The van der Waals surface area contributed by atoms with Gasteiger partial charge in [0.25, 0.3) is 5.91 Å². The molecule has 0 aliphatic rings. The Morgan fingerprint density at radius 2 is 2.06 bits per heavy atom. The highest BCUT2D eigenvalue weighted by Crippen LogP contribution is 2.07. The number of hydrogen-bond acceptors (Lipinski definition) is 3. The van der Waals surface area contributed by atoms with E-state index in [-0.39, 0.29) is 11.9 Å². The molecule has 1 atom stereocenters. The van der Waals surface area contributed by atoms with Gasteiger partial charge in [0.15, 0.2) is 5.76 Å². The molecule has 4 nitrogen and oxygen atoms in total. The molecule has 1 amide bonds. The molecular formula is C13H15NO3. The lowest BCUT2D eigenvalue weighted by Gasteiger charge is -2.11. The van der Waals surface area contributed by atoms with Gasteiger partial charge in [-0.3, -0.25) is 4.79 Å². The normalized spacial score (nSPS) is 12.3. The molecule has 0 aliphatic heterocycles. The van der Waals surface area contributed by atoms with Crippen molar-refractivity contribution >= 4 is 5.91 Å². The quantitative estimate of drug-likeness (QED) is 0.863. The van der Waals surface area contributed by atoms with E-state index < -0.39 is 0 Å². The molecule has 17 heavy (non-hydrogen) atoms. The summed E-state index contributed by atoms with van der Waals surface area (Å²) in [6, 6.07) is 7.22. The van der Waals surface area contributed by atoms with E-state index in [9.17, 15) is 4.79 Å². The molecule has 2 heterocycles. The van der Waals surface area contributed by atoms with E-state index >= 15 is 0 Å². The van der Waals surface area contributed by atoms with Crippen LogP contribution in [0.1, 0.15) is 29.7 Å². The van der Waals surface area contributed by atoms with Crippen molar-refractivity contribution in [1.29, 1.82) is 0 Å². The summed E-state index contributed by atoms with van der Waals surface area (Å²) >= 11 is 0. The second-order valence-electron chi connectivity index (χ2n) is 3.97. The first-order valence-corrected chi connectivity index (χ1v) is 5.62. The van der Waals surface area contributed by atoms with Gasteiger partial charge in [-0.1, -0.05) is 0 Å². The SMILES string of the molecule is CC(CCc1ccco1)NC(=O)c1ccco1. The Labute approximate surface area is 99.6 Å². The van der Waals surface area contributed by atoms with Crippen molar-refractivity contribution in [3.05, 3.63) is 48.3 Å². The van der Waals surface area contributed by atoms with E-state index in [1.165, 1.54) is 6.26 Å². The number of amides is 1. The Morgan fingerprint density at radius 3 is 2.71 bits per heavy atom. The van der Waals surface area contributed by atoms with Gasteiger partial charge in [0.05, 0.1) is 12.5 Å². The molecule has 0 saturated heterocycles. The first-order chi connectivity index (χ1) is 8.25. The van der Waals surface area contributed by atoms with Crippen LogP contribution in [-0.4, -0.2) is 11.9 Å². The number of furan rings is 2. The molecule has 0 radical (unpaired) electrons. The van der Waals surface area contributed by atoms with Crippen molar-refractivity contribution in [2.24, 2.45) is 0 Å². The number of carbonyl (C=O) groups excluding carboxylic acids is 1. The third-order valence-electron chi connectivity index (χ3n) is 2.53. The summed E-state index contributed by atoms with van der Waals surface area (Å²) in [4.78, 5) is 11.6. The molecule has 2 aromatic rings. The molecule has 0 aliphatic carbocycles. The van der Waals surface area contributed by atoms with Crippen LogP contribution >= 0.6 is 0 Å². The summed E-state index contributed by atoms with van der Waals surface area (Å²) in [7, 11) is 0. The van der Waals surface area contributed by atoms with E-state index in [0.29, 0.717) is 5.76 Å². The average Bonchev–Trinajstić information content (AvgIpc) is 2.99. The summed E-state index contributed by atoms with van der Waals surface area (Å²) in [5.41, 5.74) is 0. The van der Waals surface area contributed by atoms with Crippen molar-refractivity contribution in [1.82, 2.24) is 5.32 Å². The van der Waals surface area contributed by atoms with Crippen LogP contribution in [-0.2, 0) is 6.42 Å².